The summed E-state index contributed by atoms with van der Waals surface area (Å²) >= 11 is 12.6. The minimum Gasteiger partial charge on any atom is -0.460 e. The fraction of sp³-hybridized carbons (Fsp3) is 0.370. The molecule has 2 aliphatic heterocycles. The summed E-state index contributed by atoms with van der Waals surface area (Å²) in [6.07, 6.45) is 16.3. The van der Waals surface area contributed by atoms with Crippen molar-refractivity contribution in [2.45, 2.75) is 83.5 Å². The number of rotatable bonds is 11. The molecule has 0 atom stereocenters. The minimum atomic E-state index is -0.235. The number of unbranched alkanes of at least 4 members (excludes halogenated alkanes) is 2. The molecule has 3 aliphatic rings. The Morgan fingerprint density at radius 3 is 2.23 bits per heavy atom. The summed E-state index contributed by atoms with van der Waals surface area (Å²) in [7, 11) is 0. The van der Waals surface area contributed by atoms with Gasteiger partial charge in [-0.3, -0.25) is 0 Å². The van der Waals surface area contributed by atoms with E-state index in [9.17, 15) is 0 Å². The number of ether oxygens (including phenoxy) is 1. The van der Waals surface area contributed by atoms with Crippen molar-refractivity contribution in [2.75, 3.05) is 24.6 Å². The first-order chi connectivity index (χ1) is 25.6. The quantitative estimate of drug-likeness (QED) is 0.0616. The number of hydrogen-bond acceptors (Lipinski definition) is 5. The van der Waals surface area contributed by atoms with Crippen molar-refractivity contribution in [3.8, 4) is 5.75 Å². The molecule has 4 aromatic carbocycles. The molecule has 7 rings (SSSR count). The Morgan fingerprint density at radius 2 is 1.53 bits per heavy atom. The van der Waals surface area contributed by atoms with Crippen LogP contribution < -0.4 is 10.5 Å². The summed E-state index contributed by atoms with van der Waals surface area (Å²) in [5, 5.41) is 6.01. The predicted molar refractivity (Wildman–Crippen MR) is 233 cm³/mol. The second kappa shape index (κ2) is 17.5. The number of hydrogen-bond donors (Lipinski definition) is 3. The highest BCUT2D eigenvalue weighted by Gasteiger charge is 2.45. The largest absolute Gasteiger partial charge is 0.460 e. The highest BCUT2D eigenvalue weighted by atomic mass is 35.5. The summed E-state index contributed by atoms with van der Waals surface area (Å²) < 4.78 is 17.2. The molecule has 0 amide bonds. The SMILES string of the molecule is CC1(C)C(/C=C/C2=C(Cl)C(=C/C=C3/Oc4ccc5ccccc5c4C3(C)C)/CCC2)=[N+](CCCCS)c2ccc3ccccc3c21.NCCCCSO. The third kappa shape index (κ3) is 8.23. The van der Waals surface area contributed by atoms with Crippen molar-refractivity contribution >= 4 is 69.2 Å². The molecule has 1 aliphatic carbocycles. The molecule has 2 heterocycles. The molecule has 7 heteroatoms. The van der Waals surface area contributed by atoms with E-state index in [1.165, 1.54) is 55.2 Å². The molecule has 4 aromatic rings. The van der Waals surface area contributed by atoms with Crippen LogP contribution in [0.15, 0.2) is 119 Å². The van der Waals surface area contributed by atoms with Gasteiger partial charge < -0.3 is 15.0 Å². The second-order valence-electron chi connectivity index (χ2n) is 15.2. The number of thiol groups is 1. The summed E-state index contributed by atoms with van der Waals surface area (Å²) in [6, 6.07) is 26.2. The monoisotopic (exact) mass is 765 g/mol. The fourth-order valence-corrected chi connectivity index (χ4v) is 9.00. The zero-order valence-corrected chi connectivity index (χ0v) is 34.1. The fourth-order valence-electron chi connectivity index (χ4n) is 8.13. The molecule has 3 N–H and O–H groups in total. The number of fused-ring (bicyclic) bond motifs is 6. The van der Waals surface area contributed by atoms with E-state index in [0.717, 1.165) is 98.1 Å². The van der Waals surface area contributed by atoms with Crippen LogP contribution in [0.4, 0.5) is 5.69 Å². The van der Waals surface area contributed by atoms with Gasteiger partial charge >= 0.3 is 0 Å². The van der Waals surface area contributed by atoms with Gasteiger partial charge in [0.05, 0.1) is 10.8 Å². The van der Waals surface area contributed by atoms with Gasteiger partial charge in [-0.1, -0.05) is 78.4 Å². The average Bonchev–Trinajstić information content (AvgIpc) is 3.55. The Bertz CT molecular complexity index is 2120. The Morgan fingerprint density at radius 1 is 0.830 bits per heavy atom. The maximum atomic E-state index is 8.17. The van der Waals surface area contributed by atoms with Crippen molar-refractivity contribution in [3.05, 3.63) is 130 Å². The molecule has 53 heavy (non-hydrogen) atoms. The maximum absolute atomic E-state index is 8.17. The number of nitrogens with two attached hydrogens (primary N) is 1. The molecule has 0 spiro atoms. The zero-order valence-electron chi connectivity index (χ0n) is 31.6. The third-order valence-corrected chi connectivity index (χ3v) is 12.2. The van der Waals surface area contributed by atoms with Crippen LogP contribution in [0.2, 0.25) is 0 Å². The molecule has 278 valence electrons. The number of allylic oxidation sites excluding steroid dienone is 8. The first-order valence-electron chi connectivity index (χ1n) is 19.1. The highest BCUT2D eigenvalue weighted by molar-refractivity contribution is 7.93. The number of benzene rings is 4. The van der Waals surface area contributed by atoms with Crippen LogP contribution in [0.5, 0.6) is 5.75 Å². The lowest BCUT2D eigenvalue weighted by Crippen LogP contribution is -2.28. The van der Waals surface area contributed by atoms with Crippen LogP contribution in [0.25, 0.3) is 21.5 Å². The van der Waals surface area contributed by atoms with Crippen molar-refractivity contribution in [1.82, 2.24) is 0 Å². The second-order valence-corrected chi connectivity index (χ2v) is 16.7. The molecule has 0 saturated carbocycles. The third-order valence-electron chi connectivity index (χ3n) is 10.9. The summed E-state index contributed by atoms with van der Waals surface area (Å²) in [5.41, 5.74) is 12.5. The van der Waals surface area contributed by atoms with E-state index in [1.54, 1.807) is 0 Å². The van der Waals surface area contributed by atoms with Crippen molar-refractivity contribution in [3.63, 3.8) is 0 Å². The van der Waals surface area contributed by atoms with Gasteiger partial charge in [0.1, 0.15) is 18.1 Å². The Hall–Kier alpha value is -3.26. The van der Waals surface area contributed by atoms with Crippen molar-refractivity contribution < 1.29 is 13.9 Å². The van der Waals surface area contributed by atoms with E-state index >= 15 is 0 Å². The Balaban J connectivity index is 0.000000626. The van der Waals surface area contributed by atoms with Gasteiger partial charge in [0.25, 0.3) is 0 Å². The molecule has 0 unspecified atom stereocenters. The molecular weight excluding hydrogens is 712 g/mol. The van der Waals surface area contributed by atoms with Crippen LogP contribution in [0.1, 0.15) is 83.8 Å². The van der Waals surface area contributed by atoms with Crippen LogP contribution in [0.3, 0.4) is 0 Å². The average molecular weight is 767 g/mol. The van der Waals surface area contributed by atoms with E-state index in [2.05, 4.69) is 142 Å². The molecule has 0 saturated heterocycles. The first-order valence-corrected chi connectivity index (χ1v) is 21.0. The van der Waals surface area contributed by atoms with Gasteiger partial charge in [0.15, 0.2) is 5.71 Å². The van der Waals surface area contributed by atoms with Crippen LogP contribution >= 0.6 is 36.3 Å². The highest BCUT2D eigenvalue weighted by Crippen LogP contribution is 2.49. The molecule has 0 aromatic heterocycles. The lowest BCUT2D eigenvalue weighted by atomic mass is 9.78. The summed E-state index contributed by atoms with van der Waals surface area (Å²) in [4.78, 5) is 0. The van der Waals surface area contributed by atoms with E-state index < -0.39 is 0 Å². The van der Waals surface area contributed by atoms with E-state index in [-0.39, 0.29) is 10.8 Å². The smallest absolute Gasteiger partial charge is 0.210 e. The predicted octanol–water partition coefficient (Wildman–Crippen LogP) is 12.4. The maximum Gasteiger partial charge on any atom is 0.210 e. The van der Waals surface area contributed by atoms with Gasteiger partial charge in [-0.05, 0) is 141 Å². The first kappa shape index (κ1) is 39.4. The van der Waals surface area contributed by atoms with Crippen LogP contribution in [-0.2, 0) is 10.8 Å². The normalized spacial score (nSPS) is 18.9. The van der Waals surface area contributed by atoms with E-state index in [1.807, 2.05) is 0 Å². The number of halogens is 1. The standard InChI is InChI=1S/C42H42ClNOS.C4H11NOS/c1-41(2)36(44(26-9-10-27-46)34-22-18-28-12-5-7-16-32(28)38(34)41)24-20-30-14-11-15-31(40(30)43)21-25-37-42(3,4)39-33-17-8-6-13-29(33)19-23-35(39)45-37;5-3-1-2-4-7-6/h5-8,12-13,16-25H,9-11,14-15,26-27H2,1-4H3;6H,1-5H2/p+1/b24-20+,31-21+,37-25+;. The molecule has 0 fully saturated rings. The van der Waals surface area contributed by atoms with Crippen molar-refractivity contribution in [2.24, 2.45) is 5.73 Å². The van der Waals surface area contributed by atoms with Gasteiger partial charge in [-0.15, -0.1) is 0 Å². The zero-order chi connectivity index (χ0) is 37.6. The molecule has 4 nitrogen and oxygen atoms in total. The Kier molecular flexibility index (Phi) is 13.0. The van der Waals surface area contributed by atoms with E-state index in [4.69, 9.17) is 26.6 Å². The van der Waals surface area contributed by atoms with Gasteiger partial charge in [0.2, 0.25) is 5.69 Å². The van der Waals surface area contributed by atoms with Gasteiger partial charge in [0, 0.05) is 40.5 Å². The van der Waals surface area contributed by atoms with Crippen LogP contribution in [-0.4, -0.2) is 39.4 Å². The summed E-state index contributed by atoms with van der Waals surface area (Å²) in [5.74, 6) is 3.64. The van der Waals surface area contributed by atoms with E-state index in [0.29, 0.717) is 0 Å². The molecular formula is C46H54ClN2O2S2+. The summed E-state index contributed by atoms with van der Waals surface area (Å²) in [6.45, 7) is 11.0. The van der Waals surface area contributed by atoms with Crippen molar-refractivity contribution in [1.29, 1.82) is 0 Å². The minimum absolute atomic E-state index is 0.136. The lowest BCUT2D eigenvalue weighted by molar-refractivity contribution is -0.438. The Labute approximate surface area is 331 Å². The van der Waals surface area contributed by atoms with Gasteiger partial charge in [-0.2, -0.15) is 17.2 Å². The molecule has 0 radical (unpaired) electrons. The lowest BCUT2D eigenvalue weighted by Gasteiger charge is -2.20. The number of nitrogens with zero attached hydrogens (tertiary/aromatic N) is 1. The molecule has 0 bridgehead atoms. The van der Waals surface area contributed by atoms with Gasteiger partial charge in [-0.25, -0.2) is 0 Å². The topological polar surface area (TPSA) is 58.5 Å². The van der Waals surface area contributed by atoms with Crippen LogP contribution in [0, 0.1) is 0 Å².